The molecule has 5 heterocycles. The number of aromatic hydroxyl groups is 4. The Morgan fingerprint density at radius 1 is 0.621 bits per heavy atom. The lowest BCUT2D eigenvalue weighted by molar-refractivity contribution is -0.173. The van der Waals surface area contributed by atoms with Crippen molar-refractivity contribution in [3.63, 3.8) is 0 Å². The van der Waals surface area contributed by atoms with E-state index >= 15 is 14.4 Å². The summed E-state index contributed by atoms with van der Waals surface area (Å²) in [5.74, 6) is -16.2. The predicted molar refractivity (Wildman–Crippen MR) is 332 cm³/mol. The molecule has 0 saturated heterocycles. The number of aliphatic hydroxyl groups is 2. The monoisotopic (exact) mass is 1360 g/mol. The fourth-order valence-corrected chi connectivity index (χ4v) is 11.4. The third-order valence-electron chi connectivity index (χ3n) is 15.8. The first-order valence-electron chi connectivity index (χ1n) is 29.9. The van der Waals surface area contributed by atoms with Crippen LogP contribution in [0.15, 0.2) is 78.9 Å². The summed E-state index contributed by atoms with van der Waals surface area (Å²) >= 11 is 13.6. The van der Waals surface area contributed by atoms with Crippen molar-refractivity contribution in [2.24, 2.45) is 11.7 Å². The zero-order valence-corrected chi connectivity index (χ0v) is 52.5. The van der Waals surface area contributed by atoms with Crippen LogP contribution in [0.5, 0.6) is 46.0 Å². The molecule has 0 fully saturated rings. The Bertz CT molecular complexity index is 3810. The molecule has 0 unspecified atom stereocenters. The number of amides is 9. The zero-order valence-electron chi connectivity index (χ0n) is 51.0. The molecule has 32 heteroatoms. The van der Waals surface area contributed by atoms with Crippen LogP contribution in [0.25, 0.3) is 11.1 Å². The molecule has 0 saturated carbocycles. The number of benzene rings is 5. The van der Waals surface area contributed by atoms with E-state index in [9.17, 15) is 72.6 Å². The Balaban J connectivity index is 1.24. The van der Waals surface area contributed by atoms with E-state index < -0.39 is 160 Å². The van der Waals surface area contributed by atoms with Crippen LogP contribution in [-0.4, -0.2) is 134 Å². The molecule has 5 aromatic rings. The van der Waals surface area contributed by atoms with E-state index in [4.69, 9.17) is 38.4 Å². The summed E-state index contributed by atoms with van der Waals surface area (Å²) in [6.45, 7) is 3.41. The zero-order chi connectivity index (χ0) is 69.3. The second-order valence-corrected chi connectivity index (χ2v) is 24.0. The van der Waals surface area contributed by atoms with Gasteiger partial charge in [0.1, 0.15) is 77.2 Å². The van der Waals surface area contributed by atoms with E-state index in [1.807, 2.05) is 13.8 Å². The average molecular weight is 1370 g/mol. The van der Waals surface area contributed by atoms with E-state index in [0.717, 1.165) is 48.5 Å². The van der Waals surface area contributed by atoms with Crippen molar-refractivity contribution in [3.8, 4) is 57.1 Å². The van der Waals surface area contributed by atoms with Gasteiger partial charge in [-0.25, -0.2) is 0 Å². The van der Waals surface area contributed by atoms with Crippen LogP contribution in [0.1, 0.15) is 123 Å². The highest BCUT2D eigenvalue weighted by Crippen LogP contribution is 2.48. The molecule has 5 aromatic carbocycles. The molecule has 17 N–H and O–H groups in total. The van der Waals surface area contributed by atoms with Crippen LogP contribution in [-0.2, 0) is 43.2 Å². The second-order valence-electron chi connectivity index (χ2n) is 23.2. The fourth-order valence-electron chi connectivity index (χ4n) is 10.9. The van der Waals surface area contributed by atoms with Crippen LogP contribution in [0.3, 0.4) is 0 Å². The summed E-state index contributed by atoms with van der Waals surface area (Å²) in [6, 6.07) is 0.925. The Hall–Kier alpha value is -9.62. The summed E-state index contributed by atoms with van der Waals surface area (Å²) in [7, 11) is 1.49. The summed E-state index contributed by atoms with van der Waals surface area (Å²) in [5.41, 5.74) is 3.56. The number of hydrogen-bond acceptors (Lipinski definition) is 18. The standard InChI is InChI=1S/C63H69Cl2F3N10O17/c1-27(2)18-37(70-3)55(86)77-50-52(83)29-11-14-41(35(64)20-29)94-43-22-31-23-44(54(43)85)95-42-15-12-30(21-36(42)65)53(84)51-61(92)76-49(57(88)71-16-8-6-4-5-7-9-17-72-62(93)63(66,67)68)34-24-32(79)25-40(81)46(34)33-19-28(10-13-39(33)80)47(58(89)78-51)75-59(90)48(31)74-56(87)38(26-45(69)82)73-60(50)91/h10-15,19-25,27,37-38,47-53,70,79-81,83-85H,4-9,16-18,26H2,1-3H3,(H2,69,82)(H,71,88)(H,72,93)(H,73,91)(H,74,87)(H,75,90)(H,76,92)(H,77,86)(H,78,89)/t37-,38+,47-,48-,49+,50-,51+,52-,53-/m1/s1. The molecule has 508 valence electrons. The number of primary amides is 1. The van der Waals surface area contributed by atoms with Gasteiger partial charge in [0.2, 0.25) is 53.0 Å². The first kappa shape index (κ1) is 71.2. The number of alkyl halides is 3. The number of rotatable bonds is 17. The quantitative estimate of drug-likeness (QED) is 0.0572. The Morgan fingerprint density at radius 2 is 1.18 bits per heavy atom. The van der Waals surface area contributed by atoms with Crippen LogP contribution in [0.2, 0.25) is 10.0 Å². The van der Waals surface area contributed by atoms with Gasteiger partial charge in [0, 0.05) is 30.3 Å². The van der Waals surface area contributed by atoms with Crippen molar-refractivity contribution in [2.75, 3.05) is 20.1 Å². The number of hydrogen-bond donors (Lipinski definition) is 16. The lowest BCUT2D eigenvalue weighted by atomic mass is 9.89. The summed E-state index contributed by atoms with van der Waals surface area (Å²) in [4.78, 5) is 128. The van der Waals surface area contributed by atoms with Crippen molar-refractivity contribution in [1.29, 1.82) is 0 Å². The molecular formula is C63H69Cl2F3N10O17. The number of unbranched alkanes of at least 4 members (excludes halogenated alkanes) is 5. The number of likely N-dealkylation sites (N-methyl/N-ethyl adjacent to an activating group) is 1. The van der Waals surface area contributed by atoms with Crippen LogP contribution >= 0.6 is 23.2 Å². The van der Waals surface area contributed by atoms with Gasteiger partial charge in [0.05, 0.1) is 22.5 Å². The maximum Gasteiger partial charge on any atom is 0.471 e. The minimum absolute atomic E-state index is 0.0528. The first-order chi connectivity index (χ1) is 44.9. The highest BCUT2D eigenvalue weighted by atomic mass is 35.5. The van der Waals surface area contributed by atoms with Crippen molar-refractivity contribution in [3.05, 3.63) is 117 Å². The molecule has 0 aliphatic carbocycles. The fraction of sp³-hybridized carbons (Fsp3) is 0.381. The highest BCUT2D eigenvalue weighted by Gasteiger charge is 2.42. The molecule has 5 aliphatic heterocycles. The van der Waals surface area contributed by atoms with Gasteiger partial charge < -0.3 is 93.7 Å². The minimum atomic E-state index is -5.01. The van der Waals surface area contributed by atoms with Crippen LogP contribution < -0.4 is 63.1 Å². The molecule has 27 nitrogen and oxygen atoms in total. The maximum absolute atomic E-state index is 15.6. The molecule has 5 aliphatic rings. The van der Waals surface area contributed by atoms with Gasteiger partial charge in [0.25, 0.3) is 0 Å². The number of phenolic OH excluding ortho intramolecular Hbond substituents is 4. The Morgan fingerprint density at radius 3 is 1.76 bits per heavy atom. The topological polar surface area (TPSA) is 428 Å². The Kier molecular flexibility index (Phi) is 23.0. The molecule has 9 amide bonds. The van der Waals surface area contributed by atoms with Crippen molar-refractivity contribution < 1.29 is 96.4 Å². The van der Waals surface area contributed by atoms with Crippen molar-refractivity contribution in [1.82, 2.24) is 47.9 Å². The van der Waals surface area contributed by atoms with E-state index in [1.165, 1.54) is 37.4 Å². The molecular weight excluding hydrogens is 1300 g/mol. The summed E-state index contributed by atoms with van der Waals surface area (Å²) in [5, 5.41) is 92.2. The number of fused-ring (bicyclic) bond motifs is 15. The van der Waals surface area contributed by atoms with E-state index in [1.54, 1.807) is 5.32 Å². The van der Waals surface area contributed by atoms with Crippen molar-refractivity contribution in [2.45, 2.75) is 126 Å². The van der Waals surface area contributed by atoms with Gasteiger partial charge in [-0.15, -0.1) is 0 Å². The highest BCUT2D eigenvalue weighted by molar-refractivity contribution is 6.32. The molecule has 9 atom stereocenters. The van der Waals surface area contributed by atoms with Gasteiger partial charge in [-0.3, -0.25) is 43.2 Å². The Labute approximate surface area is 550 Å². The SMILES string of the molecule is CN[C@H](CC(C)C)C(=O)N[C@H]1C(=O)N[C@@H](CC(N)=O)C(=O)N[C@H]2C(=O)N[C@H]3C(=O)N[C@H](C(=O)N[C@H](C(=O)NCCCCCCCCNC(=O)C(F)(F)F)c4cc(O)cc(O)c4-c4cc3ccc4O)[C@H](O)c3ccc(c(Cl)c3)Oc3cc2cc(c3O)Oc2ccc(cc2Cl)[C@H]1O. The minimum Gasteiger partial charge on any atom is -0.508 e. The predicted octanol–water partition coefficient (Wildman–Crippen LogP) is 4.45. The average Bonchev–Trinajstić information content (AvgIpc) is 0.772. The molecule has 95 heavy (non-hydrogen) atoms. The van der Waals surface area contributed by atoms with Crippen molar-refractivity contribution >= 4 is 76.4 Å². The van der Waals surface area contributed by atoms with E-state index in [2.05, 4.69) is 42.5 Å². The number of ether oxygens (including phenoxy) is 2. The van der Waals surface area contributed by atoms with Gasteiger partial charge in [0.15, 0.2) is 11.5 Å². The van der Waals surface area contributed by atoms with Gasteiger partial charge >= 0.3 is 12.1 Å². The number of carbonyl (C=O) groups excluding carboxylic acids is 9. The summed E-state index contributed by atoms with van der Waals surface area (Å²) in [6.07, 6.45) is -7.23. The first-order valence-corrected chi connectivity index (χ1v) is 30.7. The molecule has 0 aromatic heterocycles. The lowest BCUT2D eigenvalue weighted by Crippen LogP contribution is -2.59. The number of phenols is 4. The third-order valence-corrected chi connectivity index (χ3v) is 16.4. The number of nitrogens with one attached hydrogen (secondary N) is 9. The maximum atomic E-state index is 15.6. The smallest absolute Gasteiger partial charge is 0.471 e. The molecule has 11 bridgehead atoms. The summed E-state index contributed by atoms with van der Waals surface area (Å²) < 4.78 is 50.0. The third kappa shape index (κ3) is 17.2. The lowest BCUT2D eigenvalue weighted by Gasteiger charge is -2.31. The molecule has 0 spiro atoms. The van der Waals surface area contributed by atoms with Crippen LogP contribution in [0.4, 0.5) is 13.2 Å². The molecule has 10 rings (SSSR count). The van der Waals surface area contributed by atoms with E-state index in [-0.39, 0.29) is 86.8 Å². The normalized spacial score (nSPS) is 20.9. The van der Waals surface area contributed by atoms with E-state index in [0.29, 0.717) is 32.1 Å². The van der Waals surface area contributed by atoms with Gasteiger partial charge in [-0.2, -0.15) is 13.2 Å². The van der Waals surface area contributed by atoms with Crippen LogP contribution in [0, 0.1) is 5.92 Å². The number of halogens is 5. The number of carbonyl (C=O) groups is 9. The molecule has 0 radical (unpaired) electrons. The number of nitrogens with two attached hydrogens (primary N) is 1. The van der Waals surface area contributed by atoms with Gasteiger partial charge in [-0.05, 0) is 115 Å². The second kappa shape index (κ2) is 30.6. The largest absolute Gasteiger partial charge is 0.508 e. The number of aliphatic hydroxyl groups excluding tert-OH is 2. The van der Waals surface area contributed by atoms with Gasteiger partial charge in [-0.1, -0.05) is 80.9 Å².